The quantitative estimate of drug-likeness (QED) is 0.436. The summed E-state index contributed by atoms with van der Waals surface area (Å²) < 4.78 is 27.8. The van der Waals surface area contributed by atoms with Crippen LogP contribution in [0, 0.1) is 15.9 Å². The Morgan fingerprint density at radius 2 is 1.86 bits per heavy atom. The summed E-state index contributed by atoms with van der Waals surface area (Å²) in [6.07, 6.45) is 0.466. The van der Waals surface area contributed by atoms with Crippen molar-refractivity contribution in [2.45, 2.75) is 6.42 Å². The smallest absolute Gasteiger partial charge is 0.345 e. The Balaban J connectivity index is 1.53. The van der Waals surface area contributed by atoms with Crippen molar-refractivity contribution in [3.8, 4) is 11.5 Å². The Hall–Kier alpha value is -3.69. The fourth-order valence-corrected chi connectivity index (χ4v) is 2.50. The van der Waals surface area contributed by atoms with Crippen LogP contribution in [-0.2, 0) is 16.0 Å². The molecule has 2 aromatic rings. The number of benzene rings is 2. The monoisotopic (exact) mass is 390 g/mol. The largest absolute Gasteiger partial charge is 0.454 e. The number of fused-ring (bicyclic) bond motifs is 1. The molecule has 0 aliphatic carbocycles. The third kappa shape index (κ3) is 4.53. The van der Waals surface area contributed by atoms with E-state index in [-0.39, 0.29) is 36.2 Å². The normalized spacial score (nSPS) is 11.8. The van der Waals surface area contributed by atoms with Crippen molar-refractivity contribution in [3.05, 3.63) is 63.5 Å². The van der Waals surface area contributed by atoms with Gasteiger partial charge in [0.05, 0.1) is 11.0 Å². The predicted molar refractivity (Wildman–Crippen MR) is 92.6 cm³/mol. The van der Waals surface area contributed by atoms with Crippen molar-refractivity contribution in [1.82, 2.24) is 5.32 Å². The van der Waals surface area contributed by atoms with E-state index in [1.165, 1.54) is 12.1 Å². The van der Waals surface area contributed by atoms with Crippen molar-refractivity contribution in [1.29, 1.82) is 0 Å². The van der Waals surface area contributed by atoms with E-state index in [1.54, 1.807) is 12.1 Å². The van der Waals surface area contributed by atoms with Gasteiger partial charge in [0, 0.05) is 12.6 Å². The van der Waals surface area contributed by atoms with Gasteiger partial charge in [-0.3, -0.25) is 14.9 Å². The molecule has 0 unspecified atom stereocenters. The van der Waals surface area contributed by atoms with Crippen LogP contribution in [-0.4, -0.2) is 36.7 Å². The molecule has 146 valence electrons. The molecule has 0 aromatic heterocycles. The molecule has 0 spiro atoms. The zero-order valence-electron chi connectivity index (χ0n) is 14.5. The molecule has 0 saturated carbocycles. The number of amides is 1. The van der Waals surface area contributed by atoms with E-state index < -0.39 is 29.1 Å². The van der Waals surface area contributed by atoms with E-state index in [4.69, 9.17) is 14.2 Å². The minimum absolute atomic E-state index is 0.110. The molecule has 2 aromatic carbocycles. The van der Waals surface area contributed by atoms with Crippen LogP contribution in [0.15, 0.2) is 36.4 Å². The third-order valence-corrected chi connectivity index (χ3v) is 3.89. The lowest BCUT2D eigenvalue weighted by Gasteiger charge is -2.08. The molecule has 28 heavy (non-hydrogen) atoms. The van der Waals surface area contributed by atoms with Crippen LogP contribution >= 0.6 is 0 Å². The summed E-state index contributed by atoms with van der Waals surface area (Å²) in [5, 5.41) is 13.7. The minimum atomic E-state index is -1.03. The number of halogens is 1. The Bertz CT molecular complexity index is 915. The highest BCUT2D eigenvalue weighted by atomic mass is 19.1. The Labute approximate surface area is 158 Å². The van der Waals surface area contributed by atoms with Gasteiger partial charge in [0.2, 0.25) is 6.79 Å². The lowest BCUT2D eigenvalue weighted by atomic mass is 10.1. The number of rotatable bonds is 7. The first-order valence-corrected chi connectivity index (χ1v) is 8.20. The van der Waals surface area contributed by atoms with Gasteiger partial charge in [0.15, 0.2) is 18.1 Å². The minimum Gasteiger partial charge on any atom is -0.454 e. The molecular weight excluding hydrogens is 375 g/mol. The average molecular weight is 390 g/mol. The van der Waals surface area contributed by atoms with Crippen molar-refractivity contribution in [2.24, 2.45) is 0 Å². The Morgan fingerprint density at radius 3 is 2.54 bits per heavy atom. The average Bonchev–Trinajstić information content (AvgIpc) is 3.14. The van der Waals surface area contributed by atoms with Crippen molar-refractivity contribution < 1.29 is 33.1 Å². The number of esters is 1. The molecule has 0 bridgehead atoms. The summed E-state index contributed by atoms with van der Waals surface area (Å²) in [5.41, 5.74) is -0.0194. The molecule has 9 nitrogen and oxygen atoms in total. The maximum atomic E-state index is 12.8. The molecule has 1 aliphatic rings. The SMILES string of the molecule is O=C(COC(=O)c1cc2c(cc1[N+](=O)[O-])OCO2)NCCc1ccc(F)cc1. The summed E-state index contributed by atoms with van der Waals surface area (Å²) in [4.78, 5) is 34.4. The van der Waals surface area contributed by atoms with Crippen LogP contribution < -0.4 is 14.8 Å². The predicted octanol–water partition coefficient (Wildman–Crippen LogP) is 1.98. The standard InChI is InChI=1S/C18H15FN2O7/c19-12-3-1-11(2-4-12)5-6-20-17(22)9-26-18(23)13-7-15-16(28-10-27-15)8-14(13)21(24)25/h1-4,7-8H,5-6,9-10H2,(H,20,22). The van der Waals surface area contributed by atoms with Gasteiger partial charge >= 0.3 is 5.97 Å². The highest BCUT2D eigenvalue weighted by Gasteiger charge is 2.28. The lowest BCUT2D eigenvalue weighted by molar-refractivity contribution is -0.385. The first-order chi connectivity index (χ1) is 13.4. The van der Waals surface area contributed by atoms with Gasteiger partial charge in [-0.25, -0.2) is 9.18 Å². The number of carbonyl (C=O) groups is 2. The number of hydrogen-bond donors (Lipinski definition) is 1. The number of nitro benzene ring substituents is 1. The summed E-state index contributed by atoms with van der Waals surface area (Å²) in [6.45, 7) is -0.457. The summed E-state index contributed by atoms with van der Waals surface area (Å²) in [7, 11) is 0. The van der Waals surface area contributed by atoms with Crippen molar-refractivity contribution >= 4 is 17.6 Å². The van der Waals surface area contributed by atoms with Crippen molar-refractivity contribution in [3.63, 3.8) is 0 Å². The Morgan fingerprint density at radius 1 is 1.18 bits per heavy atom. The maximum absolute atomic E-state index is 12.8. The second kappa shape index (κ2) is 8.33. The van der Waals surface area contributed by atoms with Gasteiger partial charge in [-0.15, -0.1) is 0 Å². The van der Waals surface area contributed by atoms with Gasteiger partial charge in [-0.2, -0.15) is 0 Å². The number of ether oxygens (including phenoxy) is 3. The fourth-order valence-electron chi connectivity index (χ4n) is 2.50. The third-order valence-electron chi connectivity index (χ3n) is 3.89. The van der Waals surface area contributed by atoms with Crippen LogP contribution in [0.25, 0.3) is 0 Å². The molecule has 0 fully saturated rings. The molecule has 1 N–H and O–H groups in total. The van der Waals surface area contributed by atoms with E-state index in [0.717, 1.165) is 17.7 Å². The van der Waals surface area contributed by atoms with Crippen LogP contribution in [0.4, 0.5) is 10.1 Å². The van der Waals surface area contributed by atoms with Gasteiger partial charge in [0.25, 0.3) is 11.6 Å². The van der Waals surface area contributed by atoms with Gasteiger partial charge in [-0.05, 0) is 24.1 Å². The zero-order chi connectivity index (χ0) is 20.1. The summed E-state index contributed by atoms with van der Waals surface area (Å²) >= 11 is 0. The number of nitrogens with zero attached hydrogens (tertiary/aromatic N) is 1. The molecular formula is C18H15FN2O7. The topological polar surface area (TPSA) is 117 Å². The second-order valence-electron chi connectivity index (χ2n) is 5.78. The number of hydrogen-bond acceptors (Lipinski definition) is 7. The highest BCUT2D eigenvalue weighted by Crippen LogP contribution is 2.38. The maximum Gasteiger partial charge on any atom is 0.345 e. The number of carbonyl (C=O) groups excluding carboxylic acids is 2. The van der Waals surface area contributed by atoms with E-state index in [9.17, 15) is 24.1 Å². The van der Waals surface area contributed by atoms with E-state index >= 15 is 0 Å². The van der Waals surface area contributed by atoms with Crippen LogP contribution in [0.2, 0.25) is 0 Å². The molecule has 0 saturated heterocycles. The van der Waals surface area contributed by atoms with Gasteiger partial charge < -0.3 is 19.5 Å². The molecule has 0 radical (unpaired) electrons. The molecule has 10 heteroatoms. The van der Waals surface area contributed by atoms with Crippen molar-refractivity contribution in [2.75, 3.05) is 19.9 Å². The van der Waals surface area contributed by atoms with Crippen LogP contribution in [0.1, 0.15) is 15.9 Å². The Kier molecular flexibility index (Phi) is 5.68. The lowest BCUT2D eigenvalue weighted by Crippen LogP contribution is -2.30. The zero-order valence-corrected chi connectivity index (χ0v) is 14.5. The second-order valence-corrected chi connectivity index (χ2v) is 5.78. The molecule has 1 aliphatic heterocycles. The van der Waals surface area contributed by atoms with Crippen LogP contribution in [0.5, 0.6) is 11.5 Å². The van der Waals surface area contributed by atoms with E-state index in [0.29, 0.717) is 6.42 Å². The highest BCUT2D eigenvalue weighted by molar-refractivity contribution is 5.96. The number of nitrogens with one attached hydrogen (secondary N) is 1. The molecule has 3 rings (SSSR count). The van der Waals surface area contributed by atoms with Crippen LogP contribution in [0.3, 0.4) is 0 Å². The van der Waals surface area contributed by atoms with Gasteiger partial charge in [-0.1, -0.05) is 12.1 Å². The molecule has 1 heterocycles. The summed E-state index contributed by atoms with van der Waals surface area (Å²) in [6, 6.07) is 8.05. The number of nitro groups is 1. The first-order valence-electron chi connectivity index (χ1n) is 8.20. The fraction of sp³-hybridized carbons (Fsp3) is 0.222. The first kappa shape index (κ1) is 19.1. The van der Waals surface area contributed by atoms with E-state index in [1.807, 2.05) is 0 Å². The molecule has 0 atom stereocenters. The van der Waals surface area contributed by atoms with E-state index in [2.05, 4.69) is 5.32 Å². The van der Waals surface area contributed by atoms with Gasteiger partial charge in [0.1, 0.15) is 11.4 Å². The molecule has 1 amide bonds. The summed E-state index contributed by atoms with van der Waals surface area (Å²) in [5.74, 6) is -1.61.